The first-order valence-electron chi connectivity index (χ1n) is 4.24. The number of aromatic amines is 1. The Bertz CT molecular complexity index is 455. The van der Waals surface area contributed by atoms with Gasteiger partial charge in [0, 0.05) is 0 Å². The molecule has 0 spiro atoms. The molecule has 6 heteroatoms. The number of H-pyrrole nitrogens is 1. The Balaban J connectivity index is 2.34. The smallest absolute Gasteiger partial charge is 0.104 e. The first-order chi connectivity index (χ1) is 7.18. The summed E-state index contributed by atoms with van der Waals surface area (Å²) in [6.07, 6.45) is 1.58. The maximum atomic E-state index is 5.96. The number of nitrogens with two attached hydrogens (primary N) is 1. The minimum absolute atomic E-state index is 0.349. The van der Waals surface area contributed by atoms with Gasteiger partial charge in [0.15, 0.2) is 0 Å². The van der Waals surface area contributed by atoms with Gasteiger partial charge in [-0.2, -0.15) is 15.4 Å². The van der Waals surface area contributed by atoms with E-state index >= 15 is 0 Å². The fraction of sp³-hybridized carbons (Fsp3) is 0.111. The standard InChI is InChI=1S/C9H8Cl2N4/c10-6-2-1-5(3-7(6)11)9(12)8-4-13-15-14-8/h1-4,9H,12H2,(H,13,14,15). The van der Waals surface area contributed by atoms with Crippen molar-refractivity contribution in [2.75, 3.05) is 0 Å². The van der Waals surface area contributed by atoms with E-state index in [1.807, 2.05) is 6.07 Å². The van der Waals surface area contributed by atoms with Gasteiger partial charge in [-0.3, -0.25) is 0 Å². The van der Waals surface area contributed by atoms with Crippen LogP contribution in [-0.4, -0.2) is 15.4 Å². The van der Waals surface area contributed by atoms with E-state index in [1.54, 1.807) is 18.3 Å². The molecule has 0 fully saturated rings. The van der Waals surface area contributed by atoms with Gasteiger partial charge in [0.2, 0.25) is 0 Å². The highest BCUT2D eigenvalue weighted by Crippen LogP contribution is 2.26. The summed E-state index contributed by atoms with van der Waals surface area (Å²) < 4.78 is 0. The quantitative estimate of drug-likeness (QED) is 0.849. The summed E-state index contributed by atoms with van der Waals surface area (Å²) >= 11 is 11.7. The minimum Gasteiger partial charge on any atom is -0.319 e. The number of hydrogen-bond donors (Lipinski definition) is 2. The molecule has 1 unspecified atom stereocenters. The Morgan fingerprint density at radius 2 is 2.07 bits per heavy atom. The third-order valence-corrected chi connectivity index (χ3v) is 2.79. The molecule has 1 aromatic carbocycles. The second-order valence-electron chi connectivity index (χ2n) is 3.05. The fourth-order valence-electron chi connectivity index (χ4n) is 1.24. The van der Waals surface area contributed by atoms with Crippen LogP contribution in [0.15, 0.2) is 24.4 Å². The van der Waals surface area contributed by atoms with Crippen LogP contribution in [0.5, 0.6) is 0 Å². The zero-order valence-electron chi connectivity index (χ0n) is 7.61. The first kappa shape index (κ1) is 10.4. The second-order valence-corrected chi connectivity index (χ2v) is 3.86. The van der Waals surface area contributed by atoms with Gasteiger partial charge in [0.25, 0.3) is 0 Å². The SMILES string of the molecule is NC(c1ccc(Cl)c(Cl)c1)c1cn[nH]n1. The molecule has 0 aliphatic heterocycles. The molecule has 1 atom stereocenters. The van der Waals surface area contributed by atoms with E-state index in [4.69, 9.17) is 28.9 Å². The highest BCUT2D eigenvalue weighted by molar-refractivity contribution is 6.42. The summed E-state index contributed by atoms with van der Waals surface area (Å²) in [5.41, 5.74) is 7.46. The average Bonchev–Trinajstić information content (AvgIpc) is 2.74. The summed E-state index contributed by atoms with van der Waals surface area (Å²) in [4.78, 5) is 0. The molecule has 3 N–H and O–H groups in total. The van der Waals surface area contributed by atoms with Gasteiger partial charge >= 0.3 is 0 Å². The highest BCUT2D eigenvalue weighted by Gasteiger charge is 2.12. The largest absolute Gasteiger partial charge is 0.319 e. The molecule has 1 aromatic heterocycles. The predicted molar refractivity (Wildman–Crippen MR) is 58.9 cm³/mol. The van der Waals surface area contributed by atoms with Gasteiger partial charge in [0.1, 0.15) is 5.69 Å². The molecule has 1 heterocycles. The van der Waals surface area contributed by atoms with Crippen LogP contribution in [-0.2, 0) is 0 Å². The molecule has 2 rings (SSSR count). The number of aromatic nitrogens is 3. The van der Waals surface area contributed by atoms with Gasteiger partial charge in [-0.15, -0.1) is 0 Å². The predicted octanol–water partition coefficient (Wildman–Crippen LogP) is 2.16. The highest BCUT2D eigenvalue weighted by atomic mass is 35.5. The zero-order chi connectivity index (χ0) is 10.8. The van der Waals surface area contributed by atoms with Crippen molar-refractivity contribution in [2.24, 2.45) is 5.73 Å². The molecule has 0 aliphatic carbocycles. The number of nitrogens with zero attached hydrogens (tertiary/aromatic N) is 2. The van der Waals surface area contributed by atoms with E-state index in [2.05, 4.69) is 15.4 Å². The fourth-order valence-corrected chi connectivity index (χ4v) is 1.54. The Morgan fingerprint density at radius 3 is 2.67 bits per heavy atom. The van der Waals surface area contributed by atoms with Crippen LogP contribution in [0, 0.1) is 0 Å². The maximum absolute atomic E-state index is 5.96. The van der Waals surface area contributed by atoms with Crippen LogP contribution in [0.2, 0.25) is 10.0 Å². The normalized spacial score (nSPS) is 12.7. The molecule has 0 saturated carbocycles. The monoisotopic (exact) mass is 242 g/mol. The number of halogens is 2. The summed E-state index contributed by atoms with van der Waals surface area (Å²) in [5.74, 6) is 0. The lowest BCUT2D eigenvalue weighted by Crippen LogP contribution is -2.12. The van der Waals surface area contributed by atoms with Crippen molar-refractivity contribution in [3.8, 4) is 0 Å². The topological polar surface area (TPSA) is 67.6 Å². The van der Waals surface area contributed by atoms with Gasteiger partial charge < -0.3 is 5.73 Å². The number of nitrogens with one attached hydrogen (secondary N) is 1. The van der Waals surface area contributed by atoms with E-state index in [1.165, 1.54) is 0 Å². The van der Waals surface area contributed by atoms with Crippen molar-refractivity contribution >= 4 is 23.2 Å². The van der Waals surface area contributed by atoms with Crippen molar-refractivity contribution in [3.63, 3.8) is 0 Å². The molecule has 2 aromatic rings. The summed E-state index contributed by atoms with van der Waals surface area (Å²) in [7, 11) is 0. The molecule has 0 bridgehead atoms. The maximum Gasteiger partial charge on any atom is 0.104 e. The van der Waals surface area contributed by atoms with Gasteiger partial charge in [0.05, 0.1) is 22.3 Å². The molecular weight excluding hydrogens is 235 g/mol. The molecule has 0 aliphatic rings. The summed E-state index contributed by atoms with van der Waals surface area (Å²) in [5, 5.41) is 11.1. The lowest BCUT2D eigenvalue weighted by atomic mass is 10.1. The summed E-state index contributed by atoms with van der Waals surface area (Å²) in [6.45, 7) is 0. The molecular formula is C9H8Cl2N4. The van der Waals surface area contributed by atoms with Crippen molar-refractivity contribution in [3.05, 3.63) is 45.7 Å². The third-order valence-electron chi connectivity index (χ3n) is 2.06. The lowest BCUT2D eigenvalue weighted by molar-refractivity contribution is 0.809. The van der Waals surface area contributed by atoms with Crippen molar-refractivity contribution in [1.29, 1.82) is 0 Å². The second kappa shape index (κ2) is 4.18. The van der Waals surface area contributed by atoms with Gasteiger partial charge in [-0.05, 0) is 17.7 Å². The van der Waals surface area contributed by atoms with Gasteiger partial charge in [-0.25, -0.2) is 0 Å². The average molecular weight is 243 g/mol. The first-order valence-corrected chi connectivity index (χ1v) is 5.00. The molecule has 78 valence electrons. The van der Waals surface area contributed by atoms with E-state index in [0.29, 0.717) is 15.7 Å². The van der Waals surface area contributed by atoms with E-state index < -0.39 is 0 Å². The molecule has 15 heavy (non-hydrogen) atoms. The Hall–Kier alpha value is -1.10. The Morgan fingerprint density at radius 1 is 1.27 bits per heavy atom. The van der Waals surface area contributed by atoms with E-state index in [0.717, 1.165) is 5.56 Å². The molecule has 4 nitrogen and oxygen atoms in total. The summed E-state index contributed by atoms with van der Waals surface area (Å²) in [6, 6.07) is 4.90. The van der Waals surface area contributed by atoms with Crippen molar-refractivity contribution < 1.29 is 0 Å². The Labute approximate surface area is 96.4 Å². The zero-order valence-corrected chi connectivity index (χ0v) is 9.13. The minimum atomic E-state index is -0.349. The van der Waals surface area contributed by atoms with Crippen LogP contribution >= 0.6 is 23.2 Å². The number of hydrogen-bond acceptors (Lipinski definition) is 3. The van der Waals surface area contributed by atoms with Crippen molar-refractivity contribution in [1.82, 2.24) is 15.4 Å². The third kappa shape index (κ3) is 2.12. The van der Waals surface area contributed by atoms with Crippen LogP contribution in [0.4, 0.5) is 0 Å². The van der Waals surface area contributed by atoms with E-state index in [9.17, 15) is 0 Å². The van der Waals surface area contributed by atoms with E-state index in [-0.39, 0.29) is 6.04 Å². The van der Waals surface area contributed by atoms with Crippen LogP contribution < -0.4 is 5.73 Å². The van der Waals surface area contributed by atoms with Crippen molar-refractivity contribution in [2.45, 2.75) is 6.04 Å². The van der Waals surface area contributed by atoms with Crippen LogP contribution in [0.1, 0.15) is 17.3 Å². The number of benzene rings is 1. The molecule has 0 saturated heterocycles. The molecule has 0 amide bonds. The van der Waals surface area contributed by atoms with Crippen LogP contribution in [0.25, 0.3) is 0 Å². The van der Waals surface area contributed by atoms with Crippen LogP contribution in [0.3, 0.4) is 0 Å². The number of rotatable bonds is 2. The lowest BCUT2D eigenvalue weighted by Gasteiger charge is -2.09. The van der Waals surface area contributed by atoms with Gasteiger partial charge in [-0.1, -0.05) is 29.3 Å². The molecule has 0 radical (unpaired) electrons. The Kier molecular flexibility index (Phi) is 2.90.